The van der Waals surface area contributed by atoms with Gasteiger partial charge in [-0.3, -0.25) is 4.79 Å². The van der Waals surface area contributed by atoms with Gasteiger partial charge in [-0.1, -0.05) is 22.6 Å². The first-order valence-corrected chi connectivity index (χ1v) is 9.65. The summed E-state index contributed by atoms with van der Waals surface area (Å²) >= 11 is 1.82. The van der Waals surface area contributed by atoms with Gasteiger partial charge in [0.2, 0.25) is 5.91 Å². The summed E-state index contributed by atoms with van der Waals surface area (Å²) in [5, 5.41) is 5.01. The van der Waals surface area contributed by atoms with E-state index < -0.39 is 30.0 Å². The number of fused-ring (bicyclic) bond motifs is 1. The summed E-state index contributed by atoms with van der Waals surface area (Å²) in [6.45, 7) is -0.140. The van der Waals surface area contributed by atoms with E-state index in [1.54, 1.807) is 11.5 Å². The predicted octanol–water partition coefficient (Wildman–Crippen LogP) is 2.84. The van der Waals surface area contributed by atoms with Gasteiger partial charge in [-0.15, -0.1) is 0 Å². The van der Waals surface area contributed by atoms with Gasteiger partial charge in [-0.2, -0.15) is 13.2 Å². The van der Waals surface area contributed by atoms with Crippen LogP contribution in [0.5, 0.6) is 0 Å². The lowest BCUT2D eigenvalue weighted by atomic mass is 10.0. The molecule has 1 atom stereocenters. The molecule has 3 N–H and O–H groups in total. The highest BCUT2D eigenvalue weighted by Gasteiger charge is 2.36. The number of halogens is 5. The van der Waals surface area contributed by atoms with Crippen LogP contribution < -0.4 is 10.6 Å². The van der Waals surface area contributed by atoms with E-state index in [1.807, 2.05) is 22.6 Å². The summed E-state index contributed by atoms with van der Waals surface area (Å²) < 4.78 is 51.6. The molecule has 29 heavy (non-hydrogen) atoms. The molecule has 0 spiro atoms. The van der Waals surface area contributed by atoms with Crippen LogP contribution in [0.4, 0.5) is 23.4 Å². The third kappa shape index (κ3) is 4.71. The molecule has 154 valence electrons. The molecule has 0 unspecified atom stereocenters. The van der Waals surface area contributed by atoms with Crippen LogP contribution in [0.3, 0.4) is 0 Å². The second-order valence-electron chi connectivity index (χ2n) is 6.27. The number of alkyl halides is 4. The van der Waals surface area contributed by atoms with E-state index in [0.29, 0.717) is 16.6 Å². The highest BCUT2D eigenvalue weighted by atomic mass is 127. The fourth-order valence-corrected chi connectivity index (χ4v) is 2.95. The van der Waals surface area contributed by atoms with Gasteiger partial charge < -0.3 is 15.6 Å². The number of rotatable bonds is 6. The number of carbonyl (C=O) groups is 1. The number of aromatic nitrogens is 5. The minimum atomic E-state index is -4.56. The van der Waals surface area contributed by atoms with Gasteiger partial charge in [0.15, 0.2) is 17.5 Å². The van der Waals surface area contributed by atoms with Gasteiger partial charge in [0, 0.05) is 27.8 Å². The third-order valence-electron chi connectivity index (χ3n) is 3.95. The standard InChI is InChI=1S/C16H14F4IN7O/c1-15(5-21,14(29)25-6-16(18,19)20)28-13-10(17)4-24-12(27-13)9-3-23-11-8(9)2-22-7-26-11/h2-4,7H,5-6H2,1H3,(H,25,29)(H,22,23,26)(H,24,27,28)/t15-/m1/s1. The number of carbonyl (C=O) groups excluding carboxylic acids is 1. The molecule has 3 heterocycles. The van der Waals surface area contributed by atoms with E-state index in [1.165, 1.54) is 19.4 Å². The van der Waals surface area contributed by atoms with Crippen molar-refractivity contribution >= 4 is 45.3 Å². The van der Waals surface area contributed by atoms with E-state index in [2.05, 4.69) is 30.2 Å². The maximum Gasteiger partial charge on any atom is 0.405 e. The Balaban J connectivity index is 1.90. The topological polar surface area (TPSA) is 108 Å². The number of anilines is 1. The average Bonchev–Trinajstić information content (AvgIpc) is 3.11. The Labute approximate surface area is 175 Å². The summed E-state index contributed by atoms with van der Waals surface area (Å²) in [4.78, 5) is 31.2. The largest absolute Gasteiger partial charge is 0.405 e. The van der Waals surface area contributed by atoms with Crippen LogP contribution in [0, 0.1) is 5.82 Å². The quantitative estimate of drug-likeness (QED) is 0.261. The van der Waals surface area contributed by atoms with Gasteiger partial charge in [0.05, 0.1) is 6.20 Å². The van der Waals surface area contributed by atoms with Crippen molar-refractivity contribution < 1.29 is 22.4 Å². The third-order valence-corrected chi connectivity index (χ3v) is 5.48. The fraction of sp³-hybridized carbons (Fsp3) is 0.312. The van der Waals surface area contributed by atoms with Gasteiger partial charge in [-0.25, -0.2) is 24.3 Å². The molecule has 0 fully saturated rings. The lowest BCUT2D eigenvalue weighted by Gasteiger charge is -2.28. The Morgan fingerprint density at radius 1 is 1.28 bits per heavy atom. The van der Waals surface area contributed by atoms with Gasteiger partial charge in [0.1, 0.15) is 24.1 Å². The minimum absolute atomic E-state index is 0.0498. The molecule has 1 amide bonds. The molecule has 0 radical (unpaired) electrons. The van der Waals surface area contributed by atoms with Crippen molar-refractivity contribution in [1.29, 1.82) is 0 Å². The molecule has 8 nitrogen and oxygen atoms in total. The second-order valence-corrected chi connectivity index (χ2v) is 7.03. The molecule has 3 rings (SSSR count). The Bertz CT molecular complexity index is 1040. The van der Waals surface area contributed by atoms with Gasteiger partial charge in [0.25, 0.3) is 0 Å². The maximum absolute atomic E-state index is 14.3. The molecule has 13 heteroatoms. The van der Waals surface area contributed by atoms with Crippen molar-refractivity contribution in [2.24, 2.45) is 0 Å². The fourth-order valence-electron chi connectivity index (χ4n) is 2.42. The lowest BCUT2D eigenvalue weighted by Crippen LogP contribution is -2.53. The van der Waals surface area contributed by atoms with Crippen LogP contribution >= 0.6 is 22.6 Å². The summed E-state index contributed by atoms with van der Waals surface area (Å²) in [6.07, 6.45) is 0.811. The molecule has 0 saturated heterocycles. The highest BCUT2D eigenvalue weighted by Crippen LogP contribution is 2.27. The molecule has 0 bridgehead atoms. The lowest BCUT2D eigenvalue weighted by molar-refractivity contribution is -0.140. The Morgan fingerprint density at radius 2 is 2.03 bits per heavy atom. The molecule has 3 aromatic heterocycles. The SMILES string of the molecule is C[C@](CI)(Nc1nc(-c2c[nH]c3ncncc23)ncc1F)C(=O)NCC(F)(F)F. The van der Waals surface area contributed by atoms with Crippen LogP contribution in [-0.4, -0.2) is 53.5 Å². The van der Waals surface area contributed by atoms with Crippen LogP contribution in [0.1, 0.15) is 6.92 Å². The summed E-state index contributed by atoms with van der Waals surface area (Å²) in [7, 11) is 0. The summed E-state index contributed by atoms with van der Waals surface area (Å²) in [5.41, 5.74) is -0.510. The van der Waals surface area contributed by atoms with Crippen LogP contribution in [0.2, 0.25) is 0 Å². The highest BCUT2D eigenvalue weighted by molar-refractivity contribution is 14.1. The number of nitrogens with zero attached hydrogens (tertiary/aromatic N) is 4. The van der Waals surface area contributed by atoms with Crippen LogP contribution in [-0.2, 0) is 4.79 Å². The monoisotopic (exact) mass is 523 g/mol. The van der Waals surface area contributed by atoms with Crippen LogP contribution in [0.25, 0.3) is 22.4 Å². The number of hydrogen-bond acceptors (Lipinski definition) is 6. The normalized spacial score (nSPS) is 13.9. The maximum atomic E-state index is 14.3. The van der Waals surface area contributed by atoms with Crippen molar-refractivity contribution in [2.45, 2.75) is 18.6 Å². The Hall–Kier alpha value is -2.58. The van der Waals surface area contributed by atoms with E-state index >= 15 is 0 Å². The Kier molecular flexibility index (Phi) is 5.86. The molecule has 0 aliphatic heterocycles. The molecule has 3 aromatic rings. The molecule has 0 aromatic carbocycles. The van der Waals surface area contributed by atoms with Crippen molar-refractivity contribution in [3.63, 3.8) is 0 Å². The molecule has 0 aliphatic carbocycles. The minimum Gasteiger partial charge on any atom is -0.353 e. The zero-order valence-electron chi connectivity index (χ0n) is 14.8. The zero-order chi connectivity index (χ0) is 21.2. The number of amides is 1. The Morgan fingerprint density at radius 3 is 2.72 bits per heavy atom. The number of nitrogens with one attached hydrogen (secondary N) is 3. The van der Waals surface area contributed by atoms with Gasteiger partial charge >= 0.3 is 6.18 Å². The van der Waals surface area contributed by atoms with Gasteiger partial charge in [-0.05, 0) is 6.92 Å². The smallest absolute Gasteiger partial charge is 0.353 e. The zero-order valence-corrected chi connectivity index (χ0v) is 17.0. The number of hydrogen-bond donors (Lipinski definition) is 3. The second kappa shape index (κ2) is 8.04. The first kappa shape index (κ1) is 21.1. The van der Waals surface area contributed by atoms with Crippen molar-refractivity contribution in [2.75, 3.05) is 16.3 Å². The summed E-state index contributed by atoms with van der Waals surface area (Å²) in [5.74, 6) is -1.99. The summed E-state index contributed by atoms with van der Waals surface area (Å²) in [6, 6.07) is 0. The van der Waals surface area contributed by atoms with E-state index in [4.69, 9.17) is 0 Å². The molecular formula is C16H14F4IN7O. The van der Waals surface area contributed by atoms with Crippen molar-refractivity contribution in [3.8, 4) is 11.4 Å². The number of H-pyrrole nitrogens is 1. The number of aromatic amines is 1. The molecule has 0 aliphatic rings. The predicted molar refractivity (Wildman–Crippen MR) is 105 cm³/mol. The molecular weight excluding hydrogens is 509 g/mol. The van der Waals surface area contributed by atoms with E-state index in [9.17, 15) is 22.4 Å². The van der Waals surface area contributed by atoms with Crippen molar-refractivity contribution in [1.82, 2.24) is 30.2 Å². The van der Waals surface area contributed by atoms with E-state index in [-0.39, 0.29) is 16.1 Å². The van der Waals surface area contributed by atoms with E-state index in [0.717, 1.165) is 6.20 Å². The van der Waals surface area contributed by atoms with Crippen molar-refractivity contribution in [3.05, 3.63) is 30.7 Å². The molecule has 0 saturated carbocycles. The first-order valence-electron chi connectivity index (χ1n) is 8.12. The van der Waals surface area contributed by atoms with Crippen LogP contribution in [0.15, 0.2) is 24.9 Å². The first-order chi connectivity index (χ1) is 13.6. The average molecular weight is 523 g/mol.